The number of ketones is 1. The van der Waals surface area contributed by atoms with E-state index in [4.69, 9.17) is 14.2 Å². The van der Waals surface area contributed by atoms with Crippen LogP contribution >= 0.6 is 0 Å². The molecule has 0 spiro atoms. The first-order valence-electron chi connectivity index (χ1n) is 8.14. The maximum Gasteiger partial charge on any atom is 0.203 e. The Morgan fingerprint density at radius 2 is 1.85 bits per heavy atom. The number of ether oxygens (including phenoxy) is 3. The Kier molecular flexibility index (Phi) is 6.40. The molecule has 0 aliphatic carbocycles. The van der Waals surface area contributed by atoms with E-state index < -0.39 is 0 Å². The normalized spacial score (nSPS) is 11.0. The van der Waals surface area contributed by atoms with Gasteiger partial charge in [-0.25, -0.2) is 0 Å². The highest BCUT2D eigenvalue weighted by Crippen LogP contribution is 2.33. The summed E-state index contributed by atoms with van der Waals surface area (Å²) < 4.78 is 16.3. The number of rotatable bonds is 7. The lowest BCUT2D eigenvalue weighted by Gasteiger charge is -2.16. The van der Waals surface area contributed by atoms with Crippen molar-refractivity contribution in [1.82, 2.24) is 0 Å². The molecule has 5 nitrogen and oxygen atoms in total. The summed E-state index contributed by atoms with van der Waals surface area (Å²) in [5.41, 5.74) is 0.984. The van der Waals surface area contributed by atoms with Crippen molar-refractivity contribution in [3.8, 4) is 23.3 Å². The van der Waals surface area contributed by atoms with Gasteiger partial charge >= 0.3 is 0 Å². The standard InChI is InChI=1S/C21H21NO4/c1-14(2)26-21-16(8-6-10-19(21)25-4)11-17(13-22)20(23)15-7-5-9-18(12-15)24-3/h5-12,14H,1-4H3/b17-11-. The molecule has 0 atom stereocenters. The quantitative estimate of drug-likeness (QED) is 0.423. The summed E-state index contributed by atoms with van der Waals surface area (Å²) in [7, 11) is 3.07. The fourth-order valence-electron chi connectivity index (χ4n) is 2.39. The molecule has 0 saturated heterocycles. The van der Waals surface area contributed by atoms with Crippen LogP contribution < -0.4 is 14.2 Å². The first-order valence-corrected chi connectivity index (χ1v) is 8.14. The van der Waals surface area contributed by atoms with E-state index >= 15 is 0 Å². The monoisotopic (exact) mass is 351 g/mol. The Morgan fingerprint density at radius 3 is 2.46 bits per heavy atom. The van der Waals surface area contributed by atoms with Crippen molar-refractivity contribution < 1.29 is 19.0 Å². The van der Waals surface area contributed by atoms with Crippen LogP contribution in [0.15, 0.2) is 48.0 Å². The van der Waals surface area contributed by atoms with Gasteiger partial charge in [0.15, 0.2) is 11.5 Å². The third-order valence-corrected chi connectivity index (χ3v) is 3.58. The number of hydrogen-bond donors (Lipinski definition) is 0. The van der Waals surface area contributed by atoms with E-state index in [0.717, 1.165) is 0 Å². The highest BCUT2D eigenvalue weighted by molar-refractivity contribution is 6.14. The number of benzene rings is 2. The summed E-state index contributed by atoms with van der Waals surface area (Å²) in [5, 5.41) is 9.50. The SMILES string of the molecule is COc1cccc(C(=O)/C(C#N)=C\c2cccc(OC)c2OC(C)C)c1. The number of Topliss-reactive ketones (excluding diaryl/α,β-unsaturated/α-hetero) is 1. The molecule has 0 fully saturated rings. The van der Waals surface area contributed by atoms with E-state index in [2.05, 4.69) is 0 Å². The molecule has 0 N–H and O–H groups in total. The summed E-state index contributed by atoms with van der Waals surface area (Å²) in [6, 6.07) is 14.0. The Bertz CT molecular complexity index is 863. The number of hydrogen-bond acceptors (Lipinski definition) is 5. The molecular formula is C21H21NO4. The van der Waals surface area contributed by atoms with Gasteiger partial charge in [-0.3, -0.25) is 4.79 Å². The number of carbonyl (C=O) groups excluding carboxylic acids is 1. The highest BCUT2D eigenvalue weighted by Gasteiger charge is 2.16. The molecule has 134 valence electrons. The van der Waals surface area contributed by atoms with Crippen LogP contribution in [-0.2, 0) is 0 Å². The minimum Gasteiger partial charge on any atom is -0.497 e. The van der Waals surface area contributed by atoms with Gasteiger partial charge in [-0.05, 0) is 38.1 Å². The second-order valence-corrected chi connectivity index (χ2v) is 5.78. The van der Waals surface area contributed by atoms with Crippen molar-refractivity contribution in [2.24, 2.45) is 0 Å². The molecule has 0 saturated carbocycles. The highest BCUT2D eigenvalue weighted by atomic mass is 16.5. The van der Waals surface area contributed by atoms with E-state index in [1.54, 1.807) is 49.6 Å². The third-order valence-electron chi connectivity index (χ3n) is 3.58. The number of carbonyl (C=O) groups is 1. The van der Waals surface area contributed by atoms with Gasteiger partial charge in [0.1, 0.15) is 17.4 Å². The molecule has 2 aromatic carbocycles. The predicted molar refractivity (Wildman–Crippen MR) is 99.7 cm³/mol. The minimum atomic E-state index is -0.385. The lowest BCUT2D eigenvalue weighted by Crippen LogP contribution is -2.08. The summed E-state index contributed by atoms with van der Waals surface area (Å²) in [6.45, 7) is 3.79. The maximum absolute atomic E-state index is 12.7. The third kappa shape index (κ3) is 4.42. The van der Waals surface area contributed by atoms with Crippen molar-refractivity contribution in [2.45, 2.75) is 20.0 Å². The van der Waals surface area contributed by atoms with Gasteiger partial charge in [-0.2, -0.15) is 5.26 Å². The van der Waals surface area contributed by atoms with Crippen LogP contribution in [0.3, 0.4) is 0 Å². The Morgan fingerprint density at radius 1 is 1.12 bits per heavy atom. The fourth-order valence-corrected chi connectivity index (χ4v) is 2.39. The smallest absolute Gasteiger partial charge is 0.203 e. The number of methoxy groups -OCH3 is 2. The Hall–Kier alpha value is -3.26. The summed E-state index contributed by atoms with van der Waals surface area (Å²) in [6.07, 6.45) is 1.43. The zero-order valence-corrected chi connectivity index (χ0v) is 15.3. The second kappa shape index (κ2) is 8.72. The molecule has 0 aliphatic heterocycles. The topological polar surface area (TPSA) is 68.6 Å². The van der Waals surface area contributed by atoms with E-state index in [-0.39, 0.29) is 17.5 Å². The van der Waals surface area contributed by atoms with Gasteiger partial charge in [0.2, 0.25) is 5.78 Å². The van der Waals surface area contributed by atoms with Crippen LogP contribution in [0.5, 0.6) is 17.2 Å². The van der Waals surface area contributed by atoms with Crippen molar-refractivity contribution in [1.29, 1.82) is 5.26 Å². The molecule has 5 heteroatoms. The van der Waals surface area contributed by atoms with Gasteiger partial charge < -0.3 is 14.2 Å². The number of para-hydroxylation sites is 1. The van der Waals surface area contributed by atoms with E-state index in [0.29, 0.717) is 28.4 Å². The Balaban J connectivity index is 2.48. The number of allylic oxidation sites excluding steroid dienone is 1. The number of nitrogens with zero attached hydrogens (tertiary/aromatic N) is 1. The molecule has 0 aromatic heterocycles. The molecule has 0 amide bonds. The van der Waals surface area contributed by atoms with Gasteiger partial charge in [0.05, 0.1) is 20.3 Å². The molecular weight excluding hydrogens is 330 g/mol. The average molecular weight is 351 g/mol. The van der Waals surface area contributed by atoms with Gasteiger partial charge in [-0.15, -0.1) is 0 Å². The second-order valence-electron chi connectivity index (χ2n) is 5.78. The van der Waals surface area contributed by atoms with Crippen molar-refractivity contribution in [3.63, 3.8) is 0 Å². The molecule has 0 radical (unpaired) electrons. The first-order chi connectivity index (χ1) is 12.5. The van der Waals surface area contributed by atoms with Crippen molar-refractivity contribution in [3.05, 3.63) is 59.2 Å². The molecule has 0 aliphatic rings. The van der Waals surface area contributed by atoms with Gasteiger partial charge in [0, 0.05) is 11.1 Å². The minimum absolute atomic E-state index is 0.000104. The van der Waals surface area contributed by atoms with E-state index in [1.807, 2.05) is 19.9 Å². The molecule has 2 rings (SSSR count). The summed E-state index contributed by atoms with van der Waals surface area (Å²) >= 11 is 0. The van der Waals surface area contributed by atoms with Crippen LogP contribution in [0, 0.1) is 11.3 Å². The average Bonchev–Trinajstić information content (AvgIpc) is 2.66. The van der Waals surface area contributed by atoms with Crippen LogP contribution in [0.4, 0.5) is 0 Å². The zero-order valence-electron chi connectivity index (χ0n) is 15.3. The number of nitriles is 1. The van der Waals surface area contributed by atoms with Gasteiger partial charge in [0.25, 0.3) is 0 Å². The molecule has 2 aromatic rings. The lowest BCUT2D eigenvalue weighted by atomic mass is 10.0. The van der Waals surface area contributed by atoms with Crippen molar-refractivity contribution >= 4 is 11.9 Å². The van der Waals surface area contributed by atoms with E-state index in [9.17, 15) is 10.1 Å². The van der Waals surface area contributed by atoms with Crippen molar-refractivity contribution in [2.75, 3.05) is 14.2 Å². The zero-order chi connectivity index (χ0) is 19.1. The van der Waals surface area contributed by atoms with Crippen LogP contribution in [0.1, 0.15) is 29.8 Å². The largest absolute Gasteiger partial charge is 0.497 e. The fraction of sp³-hybridized carbons (Fsp3) is 0.238. The predicted octanol–water partition coefficient (Wildman–Crippen LogP) is 4.28. The lowest BCUT2D eigenvalue weighted by molar-refractivity contribution is 0.103. The molecule has 26 heavy (non-hydrogen) atoms. The first kappa shape index (κ1) is 19.1. The van der Waals surface area contributed by atoms with Gasteiger partial charge in [-0.1, -0.05) is 24.3 Å². The van der Waals surface area contributed by atoms with E-state index in [1.165, 1.54) is 13.2 Å². The maximum atomic E-state index is 12.7. The summed E-state index contributed by atoms with van der Waals surface area (Å²) in [4.78, 5) is 12.7. The Labute approximate surface area is 153 Å². The van der Waals surface area contributed by atoms with Crippen LogP contribution in [0.25, 0.3) is 6.08 Å². The summed E-state index contributed by atoms with van der Waals surface area (Å²) in [5.74, 6) is 1.21. The molecule has 0 unspecified atom stereocenters. The molecule has 0 heterocycles. The van der Waals surface area contributed by atoms with Crippen LogP contribution in [-0.4, -0.2) is 26.1 Å². The molecule has 0 bridgehead atoms. The van der Waals surface area contributed by atoms with Crippen LogP contribution in [0.2, 0.25) is 0 Å².